The van der Waals surface area contributed by atoms with Crippen molar-refractivity contribution in [1.29, 1.82) is 0 Å². The third-order valence-electron chi connectivity index (χ3n) is 9.57. The lowest BCUT2D eigenvalue weighted by Gasteiger charge is -2.29. The van der Waals surface area contributed by atoms with Gasteiger partial charge in [-0.3, -0.25) is 19.2 Å². The highest BCUT2D eigenvalue weighted by molar-refractivity contribution is 6.01. The maximum atomic E-state index is 13.9. The molecule has 1 fully saturated rings. The molecule has 2 heterocycles. The Morgan fingerprint density at radius 3 is 2.25 bits per heavy atom. The molecule has 12 heteroatoms. The third kappa shape index (κ3) is 10.0. The van der Waals surface area contributed by atoms with E-state index in [1.807, 2.05) is 91.9 Å². The summed E-state index contributed by atoms with van der Waals surface area (Å²) in [5.41, 5.74) is 5.33. The van der Waals surface area contributed by atoms with Crippen LogP contribution in [0.25, 0.3) is 22.2 Å². The number of carbonyl (C=O) groups is 5. The molecule has 56 heavy (non-hydrogen) atoms. The summed E-state index contributed by atoms with van der Waals surface area (Å²) in [5.74, 6) is -1.04. The molecular formula is C44H48N6O6. The van der Waals surface area contributed by atoms with Gasteiger partial charge in [0.2, 0.25) is 17.7 Å². The summed E-state index contributed by atoms with van der Waals surface area (Å²) in [6.45, 7) is 6.29. The number of nitrogens with one attached hydrogen (secondary N) is 4. The van der Waals surface area contributed by atoms with Gasteiger partial charge >= 0.3 is 6.09 Å². The van der Waals surface area contributed by atoms with Gasteiger partial charge in [0.05, 0.1) is 19.1 Å². The predicted molar refractivity (Wildman–Crippen MR) is 217 cm³/mol. The normalized spacial score (nSPS) is 14.3. The number of H-pyrrole nitrogens is 1. The van der Waals surface area contributed by atoms with Crippen molar-refractivity contribution in [3.8, 4) is 11.3 Å². The molecule has 0 spiro atoms. The highest BCUT2D eigenvalue weighted by Gasteiger charge is 2.38. The molecule has 0 unspecified atom stereocenters. The number of hydrogen-bond donors (Lipinski definition) is 4. The molecule has 0 bridgehead atoms. The minimum atomic E-state index is -1.01. The molecule has 0 radical (unpaired) electrons. The molecule has 1 aromatic heterocycles. The fraction of sp³-hybridized carbons (Fsp3) is 0.295. The molecule has 4 N–H and O–H groups in total. The highest BCUT2D eigenvalue weighted by atomic mass is 16.6. The minimum absolute atomic E-state index is 0.0302. The van der Waals surface area contributed by atoms with Crippen LogP contribution >= 0.6 is 0 Å². The minimum Gasteiger partial charge on any atom is -0.447 e. The molecule has 12 nitrogen and oxygen atoms in total. The van der Waals surface area contributed by atoms with E-state index in [-0.39, 0.29) is 42.7 Å². The Morgan fingerprint density at radius 2 is 1.55 bits per heavy atom. The van der Waals surface area contributed by atoms with Gasteiger partial charge in [-0.1, -0.05) is 79.7 Å². The lowest BCUT2D eigenvalue weighted by Crippen LogP contribution is -2.48. The summed E-state index contributed by atoms with van der Waals surface area (Å²) in [5, 5.41) is 9.49. The van der Waals surface area contributed by atoms with Crippen LogP contribution in [0.4, 0.5) is 16.2 Å². The first kappa shape index (κ1) is 39.3. The molecule has 0 saturated carbocycles. The number of carbonyl (C=O) groups excluding carboxylic acids is 5. The first-order valence-electron chi connectivity index (χ1n) is 19.1. The number of aromatic amines is 1. The number of ether oxygens (including phenoxy) is 1. The number of rotatable bonds is 14. The predicted octanol–water partition coefficient (Wildman–Crippen LogP) is 7.06. The average Bonchev–Trinajstić information content (AvgIpc) is 3.85. The lowest BCUT2D eigenvalue weighted by molar-refractivity contribution is -0.138. The summed E-state index contributed by atoms with van der Waals surface area (Å²) in [7, 11) is 0. The van der Waals surface area contributed by atoms with Gasteiger partial charge in [0, 0.05) is 41.1 Å². The SMILES string of the molecule is CCCN(CC(=O)Nc1ccc(-c2cc3cc(NC(=O)[C@@H]4CCCN4C(=O)[C@H](NC(=O)OC(C)C)c4ccccc4)ccc3[nH]2)cc1)C(=O)Cc1ccccc1. The van der Waals surface area contributed by atoms with Crippen LogP contribution in [0.2, 0.25) is 0 Å². The summed E-state index contributed by atoms with van der Waals surface area (Å²) >= 11 is 0. The molecule has 0 aliphatic carbocycles. The van der Waals surface area contributed by atoms with Gasteiger partial charge in [-0.2, -0.15) is 0 Å². The van der Waals surface area contributed by atoms with E-state index < -0.39 is 18.2 Å². The number of hydrogen-bond acceptors (Lipinski definition) is 6. The monoisotopic (exact) mass is 756 g/mol. The Kier molecular flexibility index (Phi) is 12.8. The summed E-state index contributed by atoms with van der Waals surface area (Å²) < 4.78 is 5.26. The first-order valence-corrected chi connectivity index (χ1v) is 19.1. The van der Waals surface area contributed by atoms with Crippen LogP contribution in [0.1, 0.15) is 57.2 Å². The zero-order valence-electron chi connectivity index (χ0n) is 31.9. The fourth-order valence-electron chi connectivity index (χ4n) is 6.91. The Bertz CT molecular complexity index is 2150. The molecule has 1 aliphatic rings. The van der Waals surface area contributed by atoms with Crippen LogP contribution in [0.15, 0.2) is 109 Å². The van der Waals surface area contributed by atoms with Gasteiger partial charge in [-0.15, -0.1) is 0 Å². The van der Waals surface area contributed by atoms with Crippen molar-refractivity contribution >= 4 is 52.0 Å². The Balaban J connectivity index is 1.08. The lowest BCUT2D eigenvalue weighted by atomic mass is 10.0. The number of benzene rings is 4. The van der Waals surface area contributed by atoms with Crippen molar-refractivity contribution in [2.45, 2.75) is 64.6 Å². The van der Waals surface area contributed by atoms with Crippen molar-refractivity contribution in [3.05, 3.63) is 120 Å². The topological polar surface area (TPSA) is 153 Å². The molecule has 4 aromatic carbocycles. The summed E-state index contributed by atoms with van der Waals surface area (Å²) in [6.07, 6.45) is 1.06. The van der Waals surface area contributed by atoms with E-state index in [1.54, 1.807) is 43.0 Å². The van der Waals surface area contributed by atoms with Crippen LogP contribution in [0.3, 0.4) is 0 Å². The number of likely N-dealkylation sites (tertiary alicyclic amines) is 1. The molecule has 1 saturated heterocycles. The average molecular weight is 757 g/mol. The Hall–Kier alpha value is -6.43. The number of anilines is 2. The van der Waals surface area contributed by atoms with Crippen LogP contribution in [0.5, 0.6) is 0 Å². The number of aromatic nitrogens is 1. The fourth-order valence-corrected chi connectivity index (χ4v) is 6.91. The van der Waals surface area contributed by atoms with E-state index in [0.29, 0.717) is 42.9 Å². The van der Waals surface area contributed by atoms with Crippen LogP contribution in [0, 0.1) is 0 Å². The molecule has 5 aromatic rings. The first-order chi connectivity index (χ1) is 27.1. The summed E-state index contributed by atoms with van der Waals surface area (Å²) in [4.78, 5) is 72.6. The number of alkyl carbamates (subject to hydrolysis) is 1. The van der Waals surface area contributed by atoms with Crippen molar-refractivity contribution in [2.75, 3.05) is 30.3 Å². The van der Waals surface area contributed by atoms with E-state index in [2.05, 4.69) is 20.9 Å². The zero-order chi connectivity index (χ0) is 39.6. The van der Waals surface area contributed by atoms with Gasteiger partial charge in [-0.05, 0) is 86.2 Å². The summed E-state index contributed by atoms with van der Waals surface area (Å²) in [6, 6.07) is 31.7. The smallest absolute Gasteiger partial charge is 0.408 e. The Labute approximate surface area is 326 Å². The van der Waals surface area contributed by atoms with Crippen molar-refractivity contribution in [2.24, 2.45) is 0 Å². The number of nitrogens with zero attached hydrogens (tertiary/aromatic N) is 2. The van der Waals surface area contributed by atoms with Crippen molar-refractivity contribution < 1.29 is 28.7 Å². The quantitative estimate of drug-likeness (QED) is 0.0952. The number of fused-ring (bicyclic) bond motifs is 1. The van der Waals surface area contributed by atoms with Crippen LogP contribution in [-0.4, -0.2) is 76.3 Å². The van der Waals surface area contributed by atoms with E-state index in [4.69, 9.17) is 4.74 Å². The maximum absolute atomic E-state index is 13.9. The van der Waals surface area contributed by atoms with Crippen molar-refractivity contribution in [3.63, 3.8) is 0 Å². The molecule has 290 valence electrons. The second-order valence-corrected chi connectivity index (χ2v) is 14.2. The van der Waals surface area contributed by atoms with Crippen molar-refractivity contribution in [1.82, 2.24) is 20.1 Å². The largest absolute Gasteiger partial charge is 0.447 e. The molecular weight excluding hydrogens is 709 g/mol. The van der Waals surface area contributed by atoms with Gasteiger partial charge in [0.1, 0.15) is 12.1 Å². The Morgan fingerprint density at radius 1 is 0.857 bits per heavy atom. The van der Waals surface area contributed by atoms with Gasteiger partial charge in [0.15, 0.2) is 0 Å². The highest BCUT2D eigenvalue weighted by Crippen LogP contribution is 2.29. The number of amides is 5. The van der Waals surface area contributed by atoms with Gasteiger partial charge < -0.3 is 35.5 Å². The molecule has 1 aliphatic heterocycles. The van der Waals surface area contributed by atoms with Gasteiger partial charge in [-0.25, -0.2) is 4.79 Å². The second kappa shape index (κ2) is 18.3. The zero-order valence-corrected chi connectivity index (χ0v) is 31.9. The third-order valence-corrected chi connectivity index (χ3v) is 9.57. The molecule has 5 amide bonds. The van der Waals surface area contributed by atoms with E-state index >= 15 is 0 Å². The van der Waals surface area contributed by atoms with E-state index in [0.717, 1.165) is 34.1 Å². The molecule has 6 rings (SSSR count). The standard InChI is InChI=1S/C44H48N6O6/c1-4-23-49(40(52)25-30-12-7-5-8-13-30)28-39(51)45-34-19-17-31(18-20-34)37-27-33-26-35(21-22-36(33)47-37)46-42(53)38-16-11-24-50(38)43(54)41(32-14-9-6-10-15-32)48-44(55)56-29(2)3/h5-10,12-15,17-22,26-27,29,38,41,47H,4,11,16,23-25,28H2,1-3H3,(H,45,51)(H,46,53)(H,48,55)/t38-,41+/m0/s1. The van der Waals surface area contributed by atoms with E-state index in [1.165, 1.54) is 4.90 Å². The van der Waals surface area contributed by atoms with Crippen LogP contribution < -0.4 is 16.0 Å². The van der Waals surface area contributed by atoms with Crippen LogP contribution in [-0.2, 0) is 30.3 Å². The van der Waals surface area contributed by atoms with E-state index in [9.17, 15) is 24.0 Å². The van der Waals surface area contributed by atoms with Gasteiger partial charge in [0.25, 0.3) is 5.91 Å². The molecule has 2 atom stereocenters. The maximum Gasteiger partial charge on any atom is 0.408 e. The second-order valence-electron chi connectivity index (χ2n) is 14.2.